The Labute approximate surface area is 103 Å². The van der Waals surface area contributed by atoms with Crippen molar-refractivity contribution in [3.63, 3.8) is 0 Å². The Kier molecular flexibility index (Phi) is 4.40. The maximum Gasteiger partial charge on any atom is 0.227 e. The SMILES string of the molecule is C[C@@H]1CNC[C@H]1C(=O)N1CCCC(CCO)C1. The van der Waals surface area contributed by atoms with E-state index in [9.17, 15) is 4.79 Å². The minimum absolute atomic E-state index is 0.169. The van der Waals surface area contributed by atoms with Gasteiger partial charge in [0.15, 0.2) is 0 Å². The van der Waals surface area contributed by atoms with Crippen LogP contribution in [0.5, 0.6) is 0 Å². The highest BCUT2D eigenvalue weighted by atomic mass is 16.3. The van der Waals surface area contributed by atoms with Crippen molar-refractivity contribution in [1.29, 1.82) is 0 Å². The van der Waals surface area contributed by atoms with Gasteiger partial charge in [0.25, 0.3) is 0 Å². The molecule has 1 amide bonds. The van der Waals surface area contributed by atoms with Crippen LogP contribution >= 0.6 is 0 Å². The highest BCUT2D eigenvalue weighted by Crippen LogP contribution is 2.24. The van der Waals surface area contributed by atoms with Gasteiger partial charge in [-0.15, -0.1) is 0 Å². The summed E-state index contributed by atoms with van der Waals surface area (Å²) in [7, 11) is 0. The number of hydrogen-bond acceptors (Lipinski definition) is 3. The predicted octanol–water partition coefficient (Wildman–Crippen LogP) is 0.463. The van der Waals surface area contributed by atoms with E-state index in [1.165, 1.54) is 0 Å². The van der Waals surface area contributed by atoms with Crippen molar-refractivity contribution in [1.82, 2.24) is 10.2 Å². The fraction of sp³-hybridized carbons (Fsp3) is 0.923. The summed E-state index contributed by atoms with van der Waals surface area (Å²) in [5.41, 5.74) is 0. The monoisotopic (exact) mass is 240 g/mol. The topological polar surface area (TPSA) is 52.6 Å². The average Bonchev–Trinajstić information content (AvgIpc) is 2.75. The lowest BCUT2D eigenvalue weighted by atomic mass is 9.91. The number of hydrogen-bond donors (Lipinski definition) is 2. The van der Waals surface area contributed by atoms with Crippen molar-refractivity contribution in [3.05, 3.63) is 0 Å². The summed E-state index contributed by atoms with van der Waals surface area (Å²) in [5, 5.41) is 12.3. The molecule has 0 bridgehead atoms. The highest BCUT2D eigenvalue weighted by Gasteiger charge is 2.34. The number of nitrogens with one attached hydrogen (secondary N) is 1. The van der Waals surface area contributed by atoms with E-state index in [-0.39, 0.29) is 12.5 Å². The Bertz CT molecular complexity index is 268. The summed E-state index contributed by atoms with van der Waals surface area (Å²) >= 11 is 0. The molecule has 17 heavy (non-hydrogen) atoms. The molecule has 3 atom stereocenters. The van der Waals surface area contributed by atoms with Crippen LogP contribution < -0.4 is 5.32 Å². The van der Waals surface area contributed by atoms with Crippen LogP contribution in [0, 0.1) is 17.8 Å². The van der Waals surface area contributed by atoms with Crippen molar-refractivity contribution in [2.24, 2.45) is 17.8 Å². The number of carbonyl (C=O) groups is 1. The van der Waals surface area contributed by atoms with E-state index in [0.29, 0.717) is 17.7 Å². The van der Waals surface area contributed by atoms with E-state index in [1.54, 1.807) is 0 Å². The standard InChI is InChI=1S/C13H24N2O2/c1-10-7-14-8-12(10)13(17)15-5-2-3-11(9-15)4-6-16/h10-12,14,16H,2-9H2,1H3/t10-,11?,12-/m1/s1. The maximum atomic E-state index is 12.4. The largest absolute Gasteiger partial charge is 0.396 e. The van der Waals surface area contributed by atoms with Gasteiger partial charge in [0.05, 0.1) is 5.92 Å². The number of aliphatic hydroxyl groups excluding tert-OH is 1. The number of rotatable bonds is 3. The van der Waals surface area contributed by atoms with Gasteiger partial charge in [0.2, 0.25) is 5.91 Å². The van der Waals surface area contributed by atoms with Crippen LogP contribution in [0.15, 0.2) is 0 Å². The van der Waals surface area contributed by atoms with Crippen molar-refractivity contribution in [2.45, 2.75) is 26.2 Å². The van der Waals surface area contributed by atoms with Crippen molar-refractivity contribution < 1.29 is 9.90 Å². The van der Waals surface area contributed by atoms with Gasteiger partial charge in [-0.2, -0.15) is 0 Å². The van der Waals surface area contributed by atoms with E-state index < -0.39 is 0 Å². The van der Waals surface area contributed by atoms with Crippen LogP contribution in [0.3, 0.4) is 0 Å². The summed E-state index contributed by atoms with van der Waals surface area (Å²) in [6.45, 7) is 5.95. The van der Waals surface area contributed by atoms with Gasteiger partial charge in [0, 0.05) is 26.2 Å². The van der Waals surface area contributed by atoms with Crippen molar-refractivity contribution in [2.75, 3.05) is 32.8 Å². The van der Waals surface area contributed by atoms with Gasteiger partial charge in [0.1, 0.15) is 0 Å². The lowest BCUT2D eigenvalue weighted by molar-refractivity contribution is -0.138. The van der Waals surface area contributed by atoms with Crippen LogP contribution in [-0.2, 0) is 4.79 Å². The van der Waals surface area contributed by atoms with E-state index in [1.807, 2.05) is 4.90 Å². The minimum Gasteiger partial charge on any atom is -0.396 e. The molecule has 2 aliphatic heterocycles. The summed E-state index contributed by atoms with van der Waals surface area (Å²) in [6.07, 6.45) is 3.08. The van der Waals surface area contributed by atoms with Crippen LogP contribution in [-0.4, -0.2) is 48.7 Å². The molecule has 2 heterocycles. The Morgan fingerprint density at radius 3 is 2.94 bits per heavy atom. The molecule has 4 heteroatoms. The molecule has 2 rings (SSSR count). The molecule has 0 aromatic rings. The van der Waals surface area contributed by atoms with Crippen molar-refractivity contribution >= 4 is 5.91 Å². The second-order valence-electron chi connectivity index (χ2n) is 5.55. The Hall–Kier alpha value is -0.610. The Morgan fingerprint density at radius 1 is 1.47 bits per heavy atom. The lowest BCUT2D eigenvalue weighted by Crippen LogP contribution is -2.44. The number of carbonyl (C=O) groups excluding carboxylic acids is 1. The molecule has 4 nitrogen and oxygen atoms in total. The fourth-order valence-electron chi connectivity index (χ4n) is 3.06. The first kappa shape index (κ1) is 12.8. The number of piperidine rings is 1. The zero-order valence-corrected chi connectivity index (χ0v) is 10.7. The smallest absolute Gasteiger partial charge is 0.227 e. The fourth-order valence-corrected chi connectivity index (χ4v) is 3.06. The number of aliphatic hydroxyl groups is 1. The normalized spacial score (nSPS) is 34.0. The Balaban J connectivity index is 1.90. The zero-order valence-electron chi connectivity index (χ0n) is 10.7. The quantitative estimate of drug-likeness (QED) is 0.753. The molecule has 0 aliphatic carbocycles. The Morgan fingerprint density at radius 2 is 2.29 bits per heavy atom. The van der Waals surface area contributed by atoms with Gasteiger partial charge in [-0.25, -0.2) is 0 Å². The number of nitrogens with zero attached hydrogens (tertiary/aromatic N) is 1. The van der Waals surface area contributed by atoms with E-state index >= 15 is 0 Å². The first-order valence-corrected chi connectivity index (χ1v) is 6.82. The molecule has 0 aromatic heterocycles. The maximum absolute atomic E-state index is 12.4. The second kappa shape index (κ2) is 5.83. The van der Waals surface area contributed by atoms with E-state index in [2.05, 4.69) is 12.2 Å². The van der Waals surface area contributed by atoms with Gasteiger partial charge < -0.3 is 15.3 Å². The van der Waals surface area contributed by atoms with Gasteiger partial charge >= 0.3 is 0 Å². The molecule has 0 aromatic carbocycles. The summed E-state index contributed by atoms with van der Waals surface area (Å²) in [5.74, 6) is 1.45. The molecule has 0 saturated carbocycles. The second-order valence-corrected chi connectivity index (χ2v) is 5.55. The van der Waals surface area contributed by atoms with E-state index in [0.717, 1.165) is 45.4 Å². The number of likely N-dealkylation sites (tertiary alicyclic amines) is 1. The third kappa shape index (κ3) is 2.99. The van der Waals surface area contributed by atoms with Crippen LogP contribution in [0.2, 0.25) is 0 Å². The molecule has 1 unspecified atom stereocenters. The zero-order chi connectivity index (χ0) is 12.3. The highest BCUT2D eigenvalue weighted by molar-refractivity contribution is 5.79. The summed E-state index contributed by atoms with van der Waals surface area (Å²) < 4.78 is 0. The minimum atomic E-state index is 0.169. The number of amides is 1. The molecule has 0 radical (unpaired) electrons. The molecule has 0 spiro atoms. The lowest BCUT2D eigenvalue weighted by Gasteiger charge is -2.34. The van der Waals surface area contributed by atoms with Gasteiger partial charge in [-0.3, -0.25) is 4.79 Å². The third-order valence-corrected chi connectivity index (χ3v) is 4.20. The molecule has 2 N–H and O–H groups in total. The summed E-state index contributed by atoms with van der Waals surface area (Å²) in [6, 6.07) is 0. The van der Waals surface area contributed by atoms with Gasteiger partial charge in [-0.05, 0) is 37.6 Å². The van der Waals surface area contributed by atoms with Crippen LogP contribution in [0.4, 0.5) is 0 Å². The van der Waals surface area contributed by atoms with E-state index in [4.69, 9.17) is 5.11 Å². The third-order valence-electron chi connectivity index (χ3n) is 4.20. The molecule has 2 aliphatic rings. The first-order valence-electron chi connectivity index (χ1n) is 6.82. The van der Waals surface area contributed by atoms with Crippen LogP contribution in [0.25, 0.3) is 0 Å². The summed E-state index contributed by atoms with van der Waals surface area (Å²) in [4.78, 5) is 14.4. The molecule has 2 fully saturated rings. The molecular weight excluding hydrogens is 216 g/mol. The molecular formula is C13H24N2O2. The van der Waals surface area contributed by atoms with Crippen molar-refractivity contribution in [3.8, 4) is 0 Å². The molecule has 98 valence electrons. The van der Waals surface area contributed by atoms with Crippen LogP contribution in [0.1, 0.15) is 26.2 Å². The predicted molar refractivity (Wildman–Crippen MR) is 66.5 cm³/mol. The van der Waals surface area contributed by atoms with Gasteiger partial charge in [-0.1, -0.05) is 6.92 Å². The first-order chi connectivity index (χ1) is 8.22. The molecule has 2 saturated heterocycles. The average molecular weight is 240 g/mol.